The van der Waals surface area contributed by atoms with Crippen LogP contribution in [-0.2, 0) is 0 Å². The minimum absolute atomic E-state index is 0.0248. The summed E-state index contributed by atoms with van der Waals surface area (Å²) in [4.78, 5) is 14.4. The van der Waals surface area contributed by atoms with Crippen LogP contribution >= 0.6 is 27.5 Å². The van der Waals surface area contributed by atoms with Gasteiger partial charge in [-0.25, -0.2) is 0 Å². The van der Waals surface area contributed by atoms with Gasteiger partial charge in [0.25, 0.3) is 5.91 Å². The van der Waals surface area contributed by atoms with Crippen molar-refractivity contribution in [3.05, 3.63) is 28.8 Å². The number of carbonyl (C=O) groups excluding carboxylic acids is 1. The van der Waals surface area contributed by atoms with Gasteiger partial charge in [0.15, 0.2) is 0 Å². The number of aromatic hydroxyl groups is 1. The normalized spacial score (nSPS) is 22.4. The molecule has 0 aromatic heterocycles. The van der Waals surface area contributed by atoms with Gasteiger partial charge in [-0.1, -0.05) is 27.5 Å². The van der Waals surface area contributed by atoms with Gasteiger partial charge < -0.3 is 10.0 Å². The predicted molar refractivity (Wildman–Crippen MR) is 75.5 cm³/mol. The maximum Gasteiger partial charge on any atom is 0.257 e. The minimum atomic E-state index is -0.187. The van der Waals surface area contributed by atoms with Crippen molar-refractivity contribution in [3.63, 3.8) is 0 Å². The molecule has 1 aromatic rings. The van der Waals surface area contributed by atoms with Crippen molar-refractivity contribution in [3.8, 4) is 5.75 Å². The van der Waals surface area contributed by atoms with Crippen LogP contribution in [0.1, 0.15) is 23.2 Å². The summed E-state index contributed by atoms with van der Waals surface area (Å²) in [6.07, 6.45) is 2.19. The van der Waals surface area contributed by atoms with Gasteiger partial charge in [-0.2, -0.15) is 0 Å². The van der Waals surface area contributed by atoms with Crippen molar-refractivity contribution >= 4 is 33.4 Å². The highest BCUT2D eigenvalue weighted by molar-refractivity contribution is 9.09. The van der Waals surface area contributed by atoms with Crippen LogP contribution in [0.5, 0.6) is 5.75 Å². The third kappa shape index (κ3) is 2.98. The number of amides is 1. The molecule has 1 fully saturated rings. The molecule has 0 heterocycles. The zero-order chi connectivity index (χ0) is 13.3. The van der Waals surface area contributed by atoms with E-state index in [0.717, 1.165) is 12.8 Å². The summed E-state index contributed by atoms with van der Waals surface area (Å²) in [7, 11) is 1.75. The molecule has 1 aromatic carbocycles. The van der Waals surface area contributed by atoms with E-state index in [1.165, 1.54) is 12.1 Å². The van der Waals surface area contributed by atoms with Gasteiger partial charge in [0.05, 0.1) is 5.56 Å². The first kappa shape index (κ1) is 13.7. The second-order valence-electron chi connectivity index (χ2n) is 4.78. The molecular weight excluding hydrogens is 318 g/mol. The molecular formula is C13H15BrClNO2. The SMILES string of the molecule is CN(CC1CC(Br)C1)C(=O)c1cc(Cl)ccc1O. The highest BCUT2D eigenvalue weighted by Gasteiger charge is 2.29. The summed E-state index contributed by atoms with van der Waals surface area (Å²) in [6.45, 7) is 0.715. The van der Waals surface area contributed by atoms with E-state index in [1.807, 2.05) is 0 Å². The molecule has 0 unspecified atom stereocenters. The fraction of sp³-hybridized carbons (Fsp3) is 0.462. The van der Waals surface area contributed by atoms with Gasteiger partial charge in [0.1, 0.15) is 5.75 Å². The van der Waals surface area contributed by atoms with Crippen LogP contribution in [0.4, 0.5) is 0 Å². The lowest BCUT2D eigenvalue weighted by molar-refractivity contribution is 0.0746. The highest BCUT2D eigenvalue weighted by atomic mass is 79.9. The number of hydrogen-bond acceptors (Lipinski definition) is 2. The molecule has 0 atom stereocenters. The Kier molecular flexibility index (Phi) is 4.17. The number of phenols is 1. The molecule has 98 valence electrons. The van der Waals surface area contributed by atoms with Gasteiger partial charge in [0.2, 0.25) is 0 Å². The third-order valence-electron chi connectivity index (χ3n) is 3.25. The van der Waals surface area contributed by atoms with Crippen molar-refractivity contribution in [1.29, 1.82) is 0 Å². The van der Waals surface area contributed by atoms with Gasteiger partial charge in [-0.05, 0) is 37.0 Å². The molecule has 3 nitrogen and oxygen atoms in total. The number of halogens is 2. The van der Waals surface area contributed by atoms with E-state index in [2.05, 4.69) is 15.9 Å². The Morgan fingerprint density at radius 3 is 2.83 bits per heavy atom. The van der Waals surface area contributed by atoms with Gasteiger partial charge in [-0.15, -0.1) is 0 Å². The standard InChI is InChI=1S/C13H15BrClNO2/c1-16(7-8-4-9(14)5-8)13(18)11-6-10(15)2-3-12(11)17/h2-3,6,8-9,17H,4-5,7H2,1H3. The Labute approximate surface area is 120 Å². The molecule has 0 radical (unpaired) electrons. The molecule has 1 aliphatic rings. The largest absolute Gasteiger partial charge is 0.507 e. The fourth-order valence-electron chi connectivity index (χ4n) is 2.16. The molecule has 18 heavy (non-hydrogen) atoms. The Bertz CT molecular complexity index is 460. The number of nitrogens with zero attached hydrogens (tertiary/aromatic N) is 1. The molecule has 0 aliphatic heterocycles. The molecule has 2 rings (SSSR count). The first-order chi connectivity index (χ1) is 8.47. The van der Waals surface area contributed by atoms with E-state index >= 15 is 0 Å². The van der Waals surface area contributed by atoms with Gasteiger partial charge in [-0.3, -0.25) is 4.79 Å². The minimum Gasteiger partial charge on any atom is -0.507 e. The van der Waals surface area contributed by atoms with Crippen LogP contribution in [0, 0.1) is 5.92 Å². The predicted octanol–water partition coefficient (Wildman–Crippen LogP) is 3.29. The summed E-state index contributed by atoms with van der Waals surface area (Å²) in [5.41, 5.74) is 0.264. The van der Waals surface area contributed by atoms with Crippen molar-refractivity contribution in [1.82, 2.24) is 4.90 Å². The van der Waals surface area contributed by atoms with Gasteiger partial charge in [0, 0.05) is 23.4 Å². The van der Waals surface area contributed by atoms with Crippen LogP contribution in [0.25, 0.3) is 0 Å². The molecule has 0 spiro atoms. The van der Waals surface area contributed by atoms with Crippen LogP contribution in [0.2, 0.25) is 5.02 Å². The van der Waals surface area contributed by atoms with E-state index in [9.17, 15) is 9.90 Å². The molecule has 5 heteroatoms. The number of alkyl halides is 1. The quantitative estimate of drug-likeness (QED) is 0.863. The van der Waals surface area contributed by atoms with E-state index < -0.39 is 0 Å². The van der Waals surface area contributed by atoms with E-state index in [1.54, 1.807) is 18.0 Å². The van der Waals surface area contributed by atoms with Crippen LogP contribution in [-0.4, -0.2) is 34.3 Å². The summed E-state index contributed by atoms with van der Waals surface area (Å²) in [5.74, 6) is 0.334. The summed E-state index contributed by atoms with van der Waals surface area (Å²) < 4.78 is 0. The lowest BCUT2D eigenvalue weighted by Gasteiger charge is -2.34. The highest BCUT2D eigenvalue weighted by Crippen LogP contribution is 2.34. The average molecular weight is 333 g/mol. The van der Waals surface area contributed by atoms with Crippen LogP contribution < -0.4 is 0 Å². The zero-order valence-electron chi connectivity index (χ0n) is 10.1. The molecule has 0 bridgehead atoms. The molecule has 1 amide bonds. The Morgan fingerprint density at radius 1 is 1.56 bits per heavy atom. The van der Waals surface area contributed by atoms with Crippen LogP contribution in [0.15, 0.2) is 18.2 Å². The van der Waals surface area contributed by atoms with E-state index in [0.29, 0.717) is 22.3 Å². The zero-order valence-corrected chi connectivity index (χ0v) is 12.4. The Balaban J connectivity index is 2.03. The average Bonchev–Trinajstić information content (AvgIpc) is 2.29. The smallest absolute Gasteiger partial charge is 0.257 e. The summed E-state index contributed by atoms with van der Waals surface area (Å²) in [5, 5.41) is 10.1. The van der Waals surface area contributed by atoms with Gasteiger partial charge >= 0.3 is 0 Å². The Morgan fingerprint density at radius 2 is 2.22 bits per heavy atom. The second kappa shape index (κ2) is 5.49. The lowest BCUT2D eigenvalue weighted by atomic mass is 9.85. The molecule has 1 saturated carbocycles. The third-order valence-corrected chi connectivity index (χ3v) is 4.23. The van der Waals surface area contributed by atoms with E-state index in [-0.39, 0.29) is 17.2 Å². The summed E-state index contributed by atoms with van der Waals surface area (Å²) in [6, 6.07) is 4.51. The molecule has 0 saturated heterocycles. The Hall–Kier alpha value is -0.740. The lowest BCUT2D eigenvalue weighted by Crippen LogP contribution is -2.37. The van der Waals surface area contributed by atoms with Crippen molar-refractivity contribution in [2.75, 3.05) is 13.6 Å². The summed E-state index contributed by atoms with van der Waals surface area (Å²) >= 11 is 9.37. The maximum absolute atomic E-state index is 12.2. The van der Waals surface area contributed by atoms with E-state index in [4.69, 9.17) is 11.6 Å². The molecule has 1 N–H and O–H groups in total. The number of carbonyl (C=O) groups is 1. The number of hydrogen-bond donors (Lipinski definition) is 1. The number of rotatable bonds is 3. The fourth-order valence-corrected chi connectivity index (χ4v) is 3.39. The first-order valence-electron chi connectivity index (χ1n) is 5.85. The first-order valence-corrected chi connectivity index (χ1v) is 7.14. The van der Waals surface area contributed by atoms with Crippen LogP contribution in [0.3, 0.4) is 0 Å². The van der Waals surface area contributed by atoms with Crippen molar-refractivity contribution in [2.24, 2.45) is 5.92 Å². The number of phenolic OH excluding ortho intramolecular Hbond substituents is 1. The maximum atomic E-state index is 12.2. The number of benzene rings is 1. The van der Waals surface area contributed by atoms with Crippen molar-refractivity contribution < 1.29 is 9.90 Å². The van der Waals surface area contributed by atoms with Crippen molar-refractivity contribution in [2.45, 2.75) is 17.7 Å². The topological polar surface area (TPSA) is 40.5 Å². The second-order valence-corrected chi connectivity index (χ2v) is 6.51. The molecule has 1 aliphatic carbocycles. The monoisotopic (exact) mass is 331 g/mol.